The number of hydrogen-bond donors (Lipinski definition) is 1. The van der Waals surface area contributed by atoms with Crippen molar-refractivity contribution in [3.63, 3.8) is 0 Å². The maximum absolute atomic E-state index is 9.24. The van der Waals surface area contributed by atoms with Gasteiger partial charge < -0.3 is 14.4 Å². The highest BCUT2D eigenvalue weighted by Crippen LogP contribution is 2.40. The van der Waals surface area contributed by atoms with Crippen LogP contribution in [0.2, 0.25) is 0 Å². The summed E-state index contributed by atoms with van der Waals surface area (Å²) in [6, 6.07) is 0. The molecule has 5 nitrogen and oxygen atoms in total. The molecule has 0 bridgehead atoms. The molecule has 16 heavy (non-hydrogen) atoms. The Kier molecular flexibility index (Phi) is 3.25. The van der Waals surface area contributed by atoms with Crippen molar-refractivity contribution in [3.8, 4) is 0 Å². The van der Waals surface area contributed by atoms with Gasteiger partial charge in [-0.3, -0.25) is 0 Å². The summed E-state index contributed by atoms with van der Waals surface area (Å²) in [5.74, 6) is 1.11. The molecule has 1 aromatic heterocycles. The molecule has 90 valence electrons. The first-order valence-electron chi connectivity index (χ1n) is 5.72. The van der Waals surface area contributed by atoms with E-state index in [2.05, 4.69) is 10.1 Å². The number of nitrogens with zero attached hydrogens (tertiary/aromatic N) is 2. The fraction of sp³-hybridized carbons (Fsp3) is 0.818. The monoisotopic (exact) mass is 226 g/mol. The van der Waals surface area contributed by atoms with Crippen molar-refractivity contribution >= 4 is 0 Å². The maximum Gasteiger partial charge on any atom is 0.229 e. The quantitative estimate of drug-likeness (QED) is 0.840. The summed E-state index contributed by atoms with van der Waals surface area (Å²) in [6.45, 7) is 1.70. The Balaban J connectivity index is 2.16. The lowest BCUT2D eigenvalue weighted by molar-refractivity contribution is -0.0178. The molecule has 0 radical (unpaired) electrons. The van der Waals surface area contributed by atoms with Crippen molar-refractivity contribution in [2.75, 3.05) is 7.11 Å². The molecule has 1 aliphatic carbocycles. The van der Waals surface area contributed by atoms with Crippen LogP contribution >= 0.6 is 0 Å². The summed E-state index contributed by atoms with van der Waals surface area (Å²) >= 11 is 0. The highest BCUT2D eigenvalue weighted by Gasteiger charge is 2.40. The first-order valence-corrected chi connectivity index (χ1v) is 5.72. The van der Waals surface area contributed by atoms with Crippen LogP contribution < -0.4 is 0 Å². The smallest absolute Gasteiger partial charge is 0.229 e. The van der Waals surface area contributed by atoms with Gasteiger partial charge in [0.1, 0.15) is 5.60 Å². The predicted molar refractivity (Wildman–Crippen MR) is 56.8 cm³/mol. The van der Waals surface area contributed by atoms with Gasteiger partial charge in [-0.05, 0) is 32.6 Å². The molecule has 0 spiro atoms. The maximum atomic E-state index is 9.24. The van der Waals surface area contributed by atoms with Crippen molar-refractivity contribution in [2.24, 2.45) is 0 Å². The van der Waals surface area contributed by atoms with Crippen LogP contribution in [0, 0.1) is 0 Å². The molecular formula is C11H18N2O3. The number of aliphatic hydroxyl groups is 1. The van der Waals surface area contributed by atoms with E-state index in [1.807, 2.05) is 0 Å². The molecule has 1 atom stereocenters. The third-order valence-electron chi connectivity index (χ3n) is 3.15. The Hall–Kier alpha value is -0.940. The zero-order chi connectivity index (χ0) is 11.6. The molecule has 1 aliphatic rings. The minimum Gasteiger partial charge on any atom is -0.393 e. The molecule has 5 heteroatoms. The number of methoxy groups -OCH3 is 1. The average Bonchev–Trinajstić information content (AvgIpc) is 2.85. The minimum absolute atomic E-state index is 0.361. The van der Waals surface area contributed by atoms with Crippen molar-refractivity contribution in [1.82, 2.24) is 10.1 Å². The van der Waals surface area contributed by atoms with E-state index < -0.39 is 6.10 Å². The van der Waals surface area contributed by atoms with Crippen LogP contribution in [-0.2, 0) is 16.8 Å². The van der Waals surface area contributed by atoms with Crippen molar-refractivity contribution in [2.45, 2.75) is 50.7 Å². The zero-order valence-electron chi connectivity index (χ0n) is 9.77. The lowest BCUT2D eigenvalue weighted by Gasteiger charge is -2.22. The lowest BCUT2D eigenvalue weighted by Crippen LogP contribution is -2.26. The number of ether oxygens (including phenoxy) is 1. The van der Waals surface area contributed by atoms with Crippen LogP contribution in [0.1, 0.15) is 44.3 Å². The first kappa shape index (κ1) is 11.5. The molecule has 2 rings (SSSR count). The largest absolute Gasteiger partial charge is 0.393 e. The van der Waals surface area contributed by atoms with Gasteiger partial charge in [0.05, 0.1) is 12.5 Å². The molecule has 1 N–H and O–H groups in total. The van der Waals surface area contributed by atoms with Gasteiger partial charge in [0, 0.05) is 7.11 Å². The zero-order valence-corrected chi connectivity index (χ0v) is 9.77. The van der Waals surface area contributed by atoms with E-state index in [1.165, 1.54) is 0 Å². The van der Waals surface area contributed by atoms with E-state index in [4.69, 9.17) is 9.26 Å². The van der Waals surface area contributed by atoms with Crippen LogP contribution in [0.15, 0.2) is 4.52 Å². The molecule has 0 saturated heterocycles. The Labute approximate surface area is 94.8 Å². The van der Waals surface area contributed by atoms with Gasteiger partial charge >= 0.3 is 0 Å². The fourth-order valence-corrected chi connectivity index (χ4v) is 2.24. The number of aromatic nitrogens is 2. The molecule has 0 amide bonds. The minimum atomic E-state index is -0.463. The van der Waals surface area contributed by atoms with Crippen LogP contribution in [0.25, 0.3) is 0 Å². The van der Waals surface area contributed by atoms with Crippen molar-refractivity contribution in [1.29, 1.82) is 0 Å². The Morgan fingerprint density at radius 1 is 1.50 bits per heavy atom. The van der Waals surface area contributed by atoms with E-state index in [0.717, 1.165) is 25.7 Å². The van der Waals surface area contributed by atoms with Crippen molar-refractivity contribution in [3.05, 3.63) is 11.7 Å². The van der Waals surface area contributed by atoms with Gasteiger partial charge in [0.25, 0.3) is 0 Å². The Morgan fingerprint density at radius 3 is 2.75 bits per heavy atom. The van der Waals surface area contributed by atoms with E-state index in [9.17, 15) is 5.11 Å². The molecule has 1 saturated carbocycles. The summed E-state index contributed by atoms with van der Waals surface area (Å²) in [5, 5.41) is 13.2. The van der Waals surface area contributed by atoms with Gasteiger partial charge in [-0.2, -0.15) is 4.98 Å². The second-order valence-corrected chi connectivity index (χ2v) is 4.47. The van der Waals surface area contributed by atoms with Gasteiger partial charge in [0.15, 0.2) is 0 Å². The Morgan fingerprint density at radius 2 is 2.19 bits per heavy atom. The second kappa shape index (κ2) is 4.51. The molecule has 0 aromatic carbocycles. The summed E-state index contributed by atoms with van der Waals surface area (Å²) < 4.78 is 10.7. The predicted octanol–water partition coefficient (Wildman–Crippen LogP) is 1.41. The van der Waals surface area contributed by atoms with Gasteiger partial charge in [0.2, 0.25) is 11.7 Å². The first-order chi connectivity index (χ1) is 7.66. The van der Waals surface area contributed by atoms with Gasteiger partial charge in [-0.15, -0.1) is 0 Å². The summed E-state index contributed by atoms with van der Waals surface area (Å²) in [7, 11) is 1.69. The van der Waals surface area contributed by atoms with E-state index in [0.29, 0.717) is 18.1 Å². The van der Waals surface area contributed by atoms with Crippen molar-refractivity contribution < 1.29 is 14.4 Å². The molecule has 1 aromatic rings. The Bertz CT molecular complexity index is 343. The second-order valence-electron chi connectivity index (χ2n) is 4.47. The highest BCUT2D eigenvalue weighted by molar-refractivity contribution is 5.04. The van der Waals surface area contributed by atoms with Crippen LogP contribution in [0.3, 0.4) is 0 Å². The van der Waals surface area contributed by atoms with E-state index in [-0.39, 0.29) is 5.60 Å². The van der Waals surface area contributed by atoms with Crippen LogP contribution in [0.4, 0.5) is 0 Å². The van der Waals surface area contributed by atoms with Gasteiger partial charge in [-0.1, -0.05) is 5.16 Å². The number of aliphatic hydroxyl groups excluding tert-OH is 1. The number of rotatable bonds is 4. The molecular weight excluding hydrogens is 208 g/mol. The molecule has 0 aliphatic heterocycles. The van der Waals surface area contributed by atoms with Crippen LogP contribution in [0.5, 0.6) is 0 Å². The molecule has 1 heterocycles. The van der Waals surface area contributed by atoms with E-state index in [1.54, 1.807) is 14.0 Å². The molecule has 1 fully saturated rings. The lowest BCUT2D eigenvalue weighted by atomic mass is 10.0. The fourth-order valence-electron chi connectivity index (χ4n) is 2.24. The third-order valence-corrected chi connectivity index (χ3v) is 3.15. The summed E-state index contributed by atoms with van der Waals surface area (Å²) in [4.78, 5) is 4.31. The third kappa shape index (κ3) is 2.10. The topological polar surface area (TPSA) is 68.4 Å². The van der Waals surface area contributed by atoms with Gasteiger partial charge in [-0.25, -0.2) is 0 Å². The average molecular weight is 226 g/mol. The number of hydrogen-bond acceptors (Lipinski definition) is 5. The highest BCUT2D eigenvalue weighted by atomic mass is 16.5. The standard InChI is InChI=1S/C11H18N2O3/c1-8(14)7-9-12-10(13-16-9)11(15-2)5-3-4-6-11/h8,14H,3-7H2,1-2H3. The van der Waals surface area contributed by atoms with E-state index >= 15 is 0 Å². The van der Waals surface area contributed by atoms with Crippen LogP contribution in [-0.4, -0.2) is 28.5 Å². The molecule has 1 unspecified atom stereocenters. The normalized spacial score (nSPS) is 21.2. The SMILES string of the molecule is COC1(c2noc(CC(C)O)n2)CCCC1. The summed E-state index contributed by atoms with van der Waals surface area (Å²) in [6.07, 6.45) is 4.08. The summed E-state index contributed by atoms with van der Waals surface area (Å²) in [5.41, 5.74) is -0.361.